The number of carboxylic acid groups (broad SMARTS) is 1. The lowest BCUT2D eigenvalue weighted by atomic mass is 10.2. The van der Waals surface area contributed by atoms with Gasteiger partial charge in [0.05, 0.1) is 6.42 Å². The van der Waals surface area contributed by atoms with Crippen molar-refractivity contribution in [3.05, 3.63) is 0 Å². The predicted molar refractivity (Wildman–Crippen MR) is 57.8 cm³/mol. The van der Waals surface area contributed by atoms with Crippen LogP contribution in [0.15, 0.2) is 0 Å². The molecule has 0 heterocycles. The lowest BCUT2D eigenvalue weighted by Gasteiger charge is -2.26. The molecule has 0 radical (unpaired) electrons. The van der Waals surface area contributed by atoms with Gasteiger partial charge in [-0.25, -0.2) is 4.79 Å². The van der Waals surface area contributed by atoms with Gasteiger partial charge in [0.1, 0.15) is 0 Å². The molecule has 0 aromatic carbocycles. The fourth-order valence-electron chi connectivity index (χ4n) is 1.35. The minimum absolute atomic E-state index is 0.0542. The summed E-state index contributed by atoms with van der Waals surface area (Å²) < 4.78 is 0. The molecule has 0 spiro atoms. The number of hydrogen-bond acceptors (Lipinski definition) is 2. The summed E-state index contributed by atoms with van der Waals surface area (Å²) in [4.78, 5) is 23.7. The van der Waals surface area contributed by atoms with Crippen LogP contribution in [0, 0.1) is 0 Å². The Balaban J connectivity index is 4.16. The van der Waals surface area contributed by atoms with Gasteiger partial charge >= 0.3 is 12.0 Å². The van der Waals surface area contributed by atoms with Crippen LogP contribution in [0.5, 0.6) is 0 Å². The molecule has 0 aliphatic rings. The number of aliphatic carboxylic acids is 1. The van der Waals surface area contributed by atoms with Gasteiger partial charge in [0.2, 0.25) is 0 Å². The third-order valence-corrected chi connectivity index (χ3v) is 2.08. The number of carboxylic acids is 1. The predicted octanol–water partition coefficient (Wildman–Crippen LogP) is 1.29. The Bertz CT molecular complexity index is 229. The fourth-order valence-corrected chi connectivity index (χ4v) is 1.35. The number of nitrogens with zero attached hydrogens (tertiary/aromatic N) is 1. The number of carbonyl (C=O) groups excluding carboxylic acids is 1. The second kappa shape index (κ2) is 6.27. The van der Waals surface area contributed by atoms with Crippen molar-refractivity contribution >= 4 is 12.0 Å². The molecular weight excluding hydrogens is 196 g/mol. The highest BCUT2D eigenvalue weighted by Gasteiger charge is 2.17. The summed E-state index contributed by atoms with van der Waals surface area (Å²) in [5, 5.41) is 11.2. The molecule has 5 nitrogen and oxygen atoms in total. The zero-order valence-corrected chi connectivity index (χ0v) is 9.78. The van der Waals surface area contributed by atoms with E-state index in [1.165, 1.54) is 0 Å². The van der Waals surface area contributed by atoms with E-state index in [2.05, 4.69) is 5.32 Å². The van der Waals surface area contributed by atoms with Crippen molar-refractivity contribution < 1.29 is 14.7 Å². The van der Waals surface area contributed by atoms with E-state index >= 15 is 0 Å². The van der Waals surface area contributed by atoms with Crippen LogP contribution in [0.4, 0.5) is 4.79 Å². The van der Waals surface area contributed by atoms with Gasteiger partial charge in [-0.05, 0) is 27.7 Å². The van der Waals surface area contributed by atoms with E-state index in [9.17, 15) is 9.59 Å². The number of carbonyl (C=O) groups is 2. The van der Waals surface area contributed by atoms with Crippen molar-refractivity contribution in [2.45, 2.75) is 46.2 Å². The number of rotatable bonds is 5. The smallest absolute Gasteiger partial charge is 0.317 e. The molecule has 15 heavy (non-hydrogen) atoms. The van der Waals surface area contributed by atoms with Gasteiger partial charge in [0.15, 0.2) is 0 Å². The largest absolute Gasteiger partial charge is 0.481 e. The number of nitrogens with one attached hydrogen (secondary N) is 1. The standard InChI is InChI=1S/C10H20N2O3/c1-5-12(7(2)3)10(15)11-8(4)6-9(13)14/h7-8H,5-6H2,1-4H3,(H,11,15)(H,13,14). The molecule has 0 saturated heterocycles. The molecular formula is C10H20N2O3. The van der Waals surface area contributed by atoms with Crippen LogP contribution in [0.1, 0.15) is 34.1 Å². The van der Waals surface area contributed by atoms with Crippen LogP contribution < -0.4 is 5.32 Å². The van der Waals surface area contributed by atoms with E-state index in [0.717, 1.165) is 0 Å². The van der Waals surface area contributed by atoms with E-state index in [-0.39, 0.29) is 24.5 Å². The van der Waals surface area contributed by atoms with E-state index in [0.29, 0.717) is 6.54 Å². The van der Waals surface area contributed by atoms with Crippen molar-refractivity contribution in [2.24, 2.45) is 0 Å². The van der Waals surface area contributed by atoms with Crippen LogP contribution in [-0.2, 0) is 4.79 Å². The molecule has 2 amide bonds. The maximum Gasteiger partial charge on any atom is 0.317 e. The average molecular weight is 216 g/mol. The molecule has 0 aromatic rings. The first-order valence-electron chi connectivity index (χ1n) is 5.17. The van der Waals surface area contributed by atoms with Crippen LogP contribution >= 0.6 is 0 Å². The van der Waals surface area contributed by atoms with Gasteiger partial charge < -0.3 is 15.3 Å². The average Bonchev–Trinajstić information content (AvgIpc) is 2.01. The molecule has 0 aliphatic carbocycles. The Morgan fingerprint density at radius 1 is 1.33 bits per heavy atom. The van der Waals surface area contributed by atoms with Gasteiger partial charge in [-0.2, -0.15) is 0 Å². The molecule has 0 rings (SSSR count). The maximum atomic E-state index is 11.6. The molecule has 1 unspecified atom stereocenters. The Labute approximate surface area is 90.5 Å². The van der Waals surface area contributed by atoms with Gasteiger partial charge in [0, 0.05) is 18.6 Å². The van der Waals surface area contributed by atoms with Crippen LogP contribution in [0.2, 0.25) is 0 Å². The van der Waals surface area contributed by atoms with E-state index in [1.807, 2.05) is 20.8 Å². The SMILES string of the molecule is CCN(C(=O)NC(C)CC(=O)O)C(C)C. The normalized spacial score (nSPS) is 12.3. The monoisotopic (exact) mass is 216 g/mol. The summed E-state index contributed by atoms with van der Waals surface area (Å²) in [6, 6.07) is -0.434. The van der Waals surface area contributed by atoms with Gasteiger partial charge in [-0.3, -0.25) is 4.79 Å². The first kappa shape index (κ1) is 13.7. The second-order valence-electron chi connectivity index (χ2n) is 3.83. The quantitative estimate of drug-likeness (QED) is 0.727. The third kappa shape index (κ3) is 5.24. The first-order valence-corrected chi connectivity index (χ1v) is 5.17. The number of urea groups is 1. The molecule has 2 N–H and O–H groups in total. The van der Waals surface area contributed by atoms with Gasteiger partial charge in [-0.15, -0.1) is 0 Å². The van der Waals surface area contributed by atoms with Gasteiger partial charge in [-0.1, -0.05) is 0 Å². The molecule has 0 saturated carbocycles. The minimum atomic E-state index is -0.907. The zero-order valence-electron chi connectivity index (χ0n) is 9.78. The summed E-state index contributed by atoms with van der Waals surface area (Å²) in [6.07, 6.45) is -0.0542. The summed E-state index contributed by atoms with van der Waals surface area (Å²) in [5.74, 6) is -0.907. The second-order valence-corrected chi connectivity index (χ2v) is 3.83. The number of hydrogen-bond donors (Lipinski definition) is 2. The van der Waals surface area contributed by atoms with Crippen molar-refractivity contribution in [3.8, 4) is 0 Å². The van der Waals surface area contributed by atoms with Crippen molar-refractivity contribution in [2.75, 3.05) is 6.54 Å². The Morgan fingerprint density at radius 2 is 1.87 bits per heavy atom. The topological polar surface area (TPSA) is 69.6 Å². The Morgan fingerprint density at radius 3 is 2.20 bits per heavy atom. The number of amides is 2. The molecule has 5 heteroatoms. The molecule has 0 aromatic heterocycles. The van der Waals surface area contributed by atoms with E-state index < -0.39 is 5.97 Å². The van der Waals surface area contributed by atoms with Crippen LogP contribution in [0.25, 0.3) is 0 Å². The summed E-state index contributed by atoms with van der Waals surface area (Å²) in [5.41, 5.74) is 0. The lowest BCUT2D eigenvalue weighted by molar-refractivity contribution is -0.137. The first-order chi connectivity index (χ1) is 6.88. The molecule has 0 bridgehead atoms. The highest BCUT2D eigenvalue weighted by atomic mass is 16.4. The van der Waals surface area contributed by atoms with E-state index in [4.69, 9.17) is 5.11 Å². The third-order valence-electron chi connectivity index (χ3n) is 2.08. The summed E-state index contributed by atoms with van der Waals surface area (Å²) in [6.45, 7) is 8.03. The van der Waals surface area contributed by atoms with Crippen LogP contribution in [-0.4, -0.2) is 40.6 Å². The minimum Gasteiger partial charge on any atom is -0.481 e. The van der Waals surface area contributed by atoms with Crippen molar-refractivity contribution in [3.63, 3.8) is 0 Å². The van der Waals surface area contributed by atoms with Crippen molar-refractivity contribution in [1.29, 1.82) is 0 Å². The molecule has 1 atom stereocenters. The fraction of sp³-hybridized carbons (Fsp3) is 0.800. The van der Waals surface area contributed by atoms with E-state index in [1.54, 1.807) is 11.8 Å². The van der Waals surface area contributed by atoms with Crippen LogP contribution in [0.3, 0.4) is 0 Å². The molecule has 88 valence electrons. The Kier molecular flexibility index (Phi) is 5.74. The highest BCUT2D eigenvalue weighted by Crippen LogP contribution is 2.00. The molecule has 0 fully saturated rings. The Hall–Kier alpha value is -1.26. The zero-order chi connectivity index (χ0) is 12.0. The van der Waals surface area contributed by atoms with Gasteiger partial charge in [0.25, 0.3) is 0 Å². The summed E-state index contributed by atoms with van der Waals surface area (Å²) in [7, 11) is 0. The molecule has 0 aliphatic heterocycles. The van der Waals surface area contributed by atoms with Crippen molar-refractivity contribution in [1.82, 2.24) is 10.2 Å². The maximum absolute atomic E-state index is 11.6. The summed E-state index contributed by atoms with van der Waals surface area (Å²) >= 11 is 0. The lowest BCUT2D eigenvalue weighted by Crippen LogP contribution is -2.47. The highest BCUT2D eigenvalue weighted by molar-refractivity contribution is 5.76.